The summed E-state index contributed by atoms with van der Waals surface area (Å²) >= 11 is 0. The highest BCUT2D eigenvalue weighted by Crippen LogP contribution is 2.28. The molecule has 0 aromatic heterocycles. The number of anilines is 1. The smallest absolute Gasteiger partial charge is 0.264 e. The van der Waals surface area contributed by atoms with Crippen LogP contribution in [0.5, 0.6) is 0 Å². The lowest BCUT2D eigenvalue weighted by Gasteiger charge is -2.33. The number of hydrogen-bond donors (Lipinski definition) is 1. The van der Waals surface area contributed by atoms with Gasteiger partial charge in [0, 0.05) is 13.1 Å². The molecular formula is C30H36FN3O4S. The first kappa shape index (κ1) is 29.8. The fourth-order valence-electron chi connectivity index (χ4n) is 4.36. The summed E-state index contributed by atoms with van der Waals surface area (Å²) in [6, 6.07) is 19.9. The molecule has 0 aliphatic carbocycles. The second-order valence-electron chi connectivity index (χ2n) is 9.17. The maximum absolute atomic E-state index is 14.0. The Morgan fingerprint density at radius 2 is 1.54 bits per heavy atom. The number of sulfonamides is 1. The monoisotopic (exact) mass is 553 g/mol. The van der Waals surface area contributed by atoms with Gasteiger partial charge in [0.25, 0.3) is 10.0 Å². The van der Waals surface area contributed by atoms with E-state index in [1.54, 1.807) is 49.4 Å². The summed E-state index contributed by atoms with van der Waals surface area (Å²) in [5.74, 6) is -1.27. The standard InChI is InChI=1S/C30H36FN3O4S/c1-4-20-32-30(36)27(6-3)33(21-23-16-18-25(31)19-17-23)29(35)22-34(28-15-11-10-12-24(28)5-2)39(37,38)26-13-8-7-9-14-26/h7-19,27H,4-6,20-22H2,1-3H3,(H,32,36)/t27-/m0/s1. The van der Waals surface area contributed by atoms with Crippen molar-refractivity contribution in [2.45, 2.75) is 57.5 Å². The average molecular weight is 554 g/mol. The van der Waals surface area contributed by atoms with E-state index >= 15 is 0 Å². The van der Waals surface area contributed by atoms with E-state index in [1.165, 1.54) is 29.2 Å². The minimum atomic E-state index is -4.12. The summed E-state index contributed by atoms with van der Waals surface area (Å²) in [7, 11) is -4.12. The van der Waals surface area contributed by atoms with Gasteiger partial charge in [-0.2, -0.15) is 0 Å². The van der Waals surface area contributed by atoms with Crippen LogP contribution in [0.1, 0.15) is 44.7 Å². The summed E-state index contributed by atoms with van der Waals surface area (Å²) in [5, 5.41) is 2.85. The lowest BCUT2D eigenvalue weighted by Crippen LogP contribution is -2.52. The van der Waals surface area contributed by atoms with Crippen molar-refractivity contribution in [1.82, 2.24) is 10.2 Å². The minimum Gasteiger partial charge on any atom is -0.354 e. The highest BCUT2D eigenvalue weighted by atomic mass is 32.2. The normalized spacial score (nSPS) is 12.0. The van der Waals surface area contributed by atoms with E-state index < -0.39 is 34.3 Å². The molecule has 7 nitrogen and oxygen atoms in total. The Hall–Kier alpha value is -3.72. The number of hydrogen-bond acceptors (Lipinski definition) is 4. The average Bonchev–Trinajstić information content (AvgIpc) is 2.95. The number of para-hydroxylation sites is 1. The Kier molecular flexibility index (Phi) is 10.6. The van der Waals surface area contributed by atoms with Gasteiger partial charge in [0.15, 0.2) is 0 Å². The molecule has 0 saturated heterocycles. The van der Waals surface area contributed by atoms with Crippen LogP contribution in [0.15, 0.2) is 83.8 Å². The van der Waals surface area contributed by atoms with Gasteiger partial charge in [-0.3, -0.25) is 13.9 Å². The van der Waals surface area contributed by atoms with E-state index in [2.05, 4.69) is 5.32 Å². The van der Waals surface area contributed by atoms with E-state index in [-0.39, 0.29) is 17.3 Å². The zero-order valence-corrected chi connectivity index (χ0v) is 23.5. The zero-order chi connectivity index (χ0) is 28.4. The van der Waals surface area contributed by atoms with Gasteiger partial charge < -0.3 is 10.2 Å². The van der Waals surface area contributed by atoms with E-state index in [4.69, 9.17) is 0 Å². The molecular weight excluding hydrogens is 517 g/mol. The number of carbonyl (C=O) groups is 2. The second-order valence-corrected chi connectivity index (χ2v) is 11.0. The zero-order valence-electron chi connectivity index (χ0n) is 22.6. The molecule has 0 fully saturated rings. The fourth-order valence-corrected chi connectivity index (χ4v) is 5.83. The number of nitrogens with zero attached hydrogens (tertiary/aromatic N) is 2. The number of rotatable bonds is 13. The Labute approximate surface area is 230 Å². The molecule has 9 heteroatoms. The predicted molar refractivity (Wildman–Crippen MR) is 151 cm³/mol. The molecule has 0 saturated carbocycles. The van der Waals surface area contributed by atoms with Gasteiger partial charge in [0.1, 0.15) is 18.4 Å². The molecule has 0 aliphatic heterocycles. The van der Waals surface area contributed by atoms with Crippen molar-refractivity contribution < 1.29 is 22.4 Å². The molecule has 1 atom stereocenters. The first-order chi connectivity index (χ1) is 18.7. The Morgan fingerprint density at radius 3 is 2.15 bits per heavy atom. The summed E-state index contributed by atoms with van der Waals surface area (Å²) in [6.07, 6.45) is 1.60. The fraction of sp³-hybridized carbons (Fsp3) is 0.333. The van der Waals surface area contributed by atoms with Gasteiger partial charge in [-0.05, 0) is 60.7 Å². The SMILES string of the molecule is CCCNC(=O)[C@H](CC)N(Cc1ccc(F)cc1)C(=O)CN(c1ccccc1CC)S(=O)(=O)c1ccccc1. The van der Waals surface area contributed by atoms with E-state index in [0.717, 1.165) is 16.3 Å². The highest BCUT2D eigenvalue weighted by molar-refractivity contribution is 7.92. The molecule has 0 unspecified atom stereocenters. The molecule has 3 aromatic carbocycles. The maximum Gasteiger partial charge on any atom is 0.264 e. The molecule has 0 radical (unpaired) electrons. The Bertz CT molecular complexity index is 1350. The van der Waals surface area contributed by atoms with Gasteiger partial charge in [0.05, 0.1) is 10.6 Å². The van der Waals surface area contributed by atoms with Gasteiger partial charge in [-0.15, -0.1) is 0 Å². The molecule has 0 bridgehead atoms. The topological polar surface area (TPSA) is 86.8 Å². The third-order valence-corrected chi connectivity index (χ3v) is 8.23. The number of amides is 2. The predicted octanol–water partition coefficient (Wildman–Crippen LogP) is 4.92. The van der Waals surface area contributed by atoms with E-state index in [1.807, 2.05) is 26.0 Å². The van der Waals surface area contributed by atoms with Crippen molar-refractivity contribution in [2.75, 3.05) is 17.4 Å². The molecule has 0 heterocycles. The molecule has 39 heavy (non-hydrogen) atoms. The number of carbonyl (C=O) groups excluding carboxylic acids is 2. The lowest BCUT2D eigenvalue weighted by molar-refractivity contribution is -0.140. The van der Waals surface area contributed by atoms with Crippen molar-refractivity contribution in [3.05, 3.63) is 95.8 Å². The molecule has 2 amide bonds. The van der Waals surface area contributed by atoms with Gasteiger partial charge in [-0.1, -0.05) is 69.3 Å². The number of aryl methyl sites for hydroxylation is 1. The number of benzene rings is 3. The van der Waals surface area contributed by atoms with Crippen LogP contribution in [0.3, 0.4) is 0 Å². The largest absolute Gasteiger partial charge is 0.354 e. The Balaban J connectivity index is 2.07. The molecule has 0 aliphatic rings. The Morgan fingerprint density at radius 1 is 0.897 bits per heavy atom. The van der Waals surface area contributed by atoms with Crippen LogP contribution >= 0.6 is 0 Å². The summed E-state index contributed by atoms with van der Waals surface area (Å²) < 4.78 is 42.5. The van der Waals surface area contributed by atoms with Crippen LogP contribution in [0.4, 0.5) is 10.1 Å². The van der Waals surface area contributed by atoms with Crippen molar-refractivity contribution in [2.24, 2.45) is 0 Å². The van der Waals surface area contributed by atoms with Crippen molar-refractivity contribution >= 4 is 27.5 Å². The third kappa shape index (κ3) is 7.44. The summed E-state index contributed by atoms with van der Waals surface area (Å²) in [4.78, 5) is 28.6. The van der Waals surface area contributed by atoms with Gasteiger partial charge >= 0.3 is 0 Å². The molecule has 3 rings (SSSR count). The van der Waals surface area contributed by atoms with E-state index in [0.29, 0.717) is 30.6 Å². The molecule has 0 spiro atoms. The van der Waals surface area contributed by atoms with Crippen LogP contribution in [0, 0.1) is 5.82 Å². The third-order valence-electron chi connectivity index (χ3n) is 6.45. The van der Waals surface area contributed by atoms with Crippen LogP contribution in [0.25, 0.3) is 0 Å². The van der Waals surface area contributed by atoms with Crippen LogP contribution in [0.2, 0.25) is 0 Å². The quantitative estimate of drug-likeness (QED) is 0.326. The van der Waals surface area contributed by atoms with Crippen LogP contribution in [-0.4, -0.2) is 44.3 Å². The molecule has 3 aromatic rings. The first-order valence-electron chi connectivity index (χ1n) is 13.2. The van der Waals surface area contributed by atoms with E-state index in [9.17, 15) is 22.4 Å². The maximum atomic E-state index is 14.0. The van der Waals surface area contributed by atoms with Crippen molar-refractivity contribution in [1.29, 1.82) is 0 Å². The van der Waals surface area contributed by atoms with Gasteiger partial charge in [0.2, 0.25) is 11.8 Å². The van der Waals surface area contributed by atoms with Crippen molar-refractivity contribution in [3.63, 3.8) is 0 Å². The molecule has 208 valence electrons. The van der Waals surface area contributed by atoms with Crippen LogP contribution in [-0.2, 0) is 32.6 Å². The minimum absolute atomic E-state index is 0.0197. The van der Waals surface area contributed by atoms with Crippen molar-refractivity contribution in [3.8, 4) is 0 Å². The summed E-state index contributed by atoms with van der Waals surface area (Å²) in [5.41, 5.74) is 1.79. The highest BCUT2D eigenvalue weighted by Gasteiger charge is 2.34. The number of nitrogens with one attached hydrogen (secondary N) is 1. The second kappa shape index (κ2) is 13.9. The summed E-state index contributed by atoms with van der Waals surface area (Å²) in [6.45, 7) is 5.61. The van der Waals surface area contributed by atoms with Crippen LogP contribution < -0.4 is 9.62 Å². The van der Waals surface area contributed by atoms with Gasteiger partial charge in [-0.25, -0.2) is 12.8 Å². The molecule has 1 N–H and O–H groups in total. The first-order valence-corrected chi connectivity index (χ1v) is 14.6. The number of halogens is 1. The lowest BCUT2D eigenvalue weighted by atomic mass is 10.1.